The van der Waals surface area contributed by atoms with Crippen LogP contribution in [-0.4, -0.2) is 56.8 Å². The molecular weight excluding hydrogens is 282 g/mol. The van der Waals surface area contributed by atoms with E-state index in [9.17, 15) is 18.5 Å². The van der Waals surface area contributed by atoms with E-state index in [1.807, 2.05) is 19.0 Å². The molecule has 0 amide bonds. The third-order valence-corrected chi connectivity index (χ3v) is 4.64. The van der Waals surface area contributed by atoms with Gasteiger partial charge < -0.3 is 4.90 Å². The van der Waals surface area contributed by atoms with Crippen LogP contribution in [-0.2, 0) is 15.8 Å². The molecule has 0 bridgehead atoms. The zero-order valence-electron chi connectivity index (χ0n) is 11.8. The molecule has 0 heterocycles. The van der Waals surface area contributed by atoms with Crippen LogP contribution >= 0.6 is 0 Å². The van der Waals surface area contributed by atoms with E-state index >= 15 is 0 Å². The molecule has 7 nitrogen and oxygen atoms in total. The van der Waals surface area contributed by atoms with E-state index in [2.05, 4.69) is 0 Å². The van der Waals surface area contributed by atoms with E-state index in [0.29, 0.717) is 18.7 Å². The van der Waals surface area contributed by atoms with Gasteiger partial charge in [-0.25, -0.2) is 12.7 Å². The van der Waals surface area contributed by atoms with Crippen molar-refractivity contribution in [1.82, 2.24) is 9.21 Å². The van der Waals surface area contributed by atoms with Crippen LogP contribution in [0.5, 0.6) is 0 Å². The zero-order valence-corrected chi connectivity index (χ0v) is 12.6. The minimum Gasteiger partial charge on any atom is -0.308 e. The van der Waals surface area contributed by atoms with Gasteiger partial charge in [0.2, 0.25) is 10.0 Å². The summed E-state index contributed by atoms with van der Waals surface area (Å²) in [4.78, 5) is 12.0. The normalized spacial score (nSPS) is 12.1. The van der Waals surface area contributed by atoms with E-state index in [0.717, 1.165) is 0 Å². The van der Waals surface area contributed by atoms with E-state index < -0.39 is 14.9 Å². The van der Waals surface area contributed by atoms with Gasteiger partial charge in [0.05, 0.1) is 10.7 Å². The van der Waals surface area contributed by atoms with Crippen molar-refractivity contribution in [2.45, 2.75) is 5.75 Å². The number of benzene rings is 1. The molecule has 0 aliphatic carbocycles. The lowest BCUT2D eigenvalue weighted by Gasteiger charge is -2.19. The molecule has 0 saturated heterocycles. The number of rotatable bonds is 7. The smallest absolute Gasteiger partial charge is 0.269 e. The zero-order chi connectivity index (χ0) is 15.3. The van der Waals surface area contributed by atoms with Gasteiger partial charge in [-0.2, -0.15) is 0 Å². The van der Waals surface area contributed by atoms with Gasteiger partial charge in [0.15, 0.2) is 0 Å². The average Bonchev–Trinajstić information content (AvgIpc) is 2.35. The van der Waals surface area contributed by atoms with Crippen LogP contribution in [0.2, 0.25) is 0 Å². The highest BCUT2D eigenvalue weighted by molar-refractivity contribution is 7.88. The Bertz CT molecular complexity index is 572. The lowest BCUT2D eigenvalue weighted by atomic mass is 10.2. The van der Waals surface area contributed by atoms with Crippen LogP contribution in [0, 0.1) is 10.1 Å². The van der Waals surface area contributed by atoms with Crippen molar-refractivity contribution in [3.8, 4) is 0 Å². The number of hydrogen-bond donors (Lipinski definition) is 0. The molecule has 0 aliphatic rings. The Balaban J connectivity index is 2.80. The van der Waals surface area contributed by atoms with Crippen LogP contribution in [0.1, 0.15) is 5.56 Å². The summed E-state index contributed by atoms with van der Waals surface area (Å²) in [7, 11) is 1.77. The Morgan fingerprint density at radius 3 is 2.40 bits per heavy atom. The minimum atomic E-state index is -3.47. The Kier molecular flexibility index (Phi) is 5.61. The van der Waals surface area contributed by atoms with Crippen molar-refractivity contribution in [2.24, 2.45) is 0 Å². The molecule has 1 rings (SSSR count). The molecule has 0 N–H and O–H groups in total. The maximum atomic E-state index is 12.1. The van der Waals surface area contributed by atoms with Crippen LogP contribution in [0.25, 0.3) is 0 Å². The fraction of sp³-hybridized carbons (Fsp3) is 0.500. The number of sulfonamides is 1. The summed E-state index contributed by atoms with van der Waals surface area (Å²) in [6, 6.07) is 5.69. The van der Waals surface area contributed by atoms with E-state index in [4.69, 9.17) is 0 Å². The number of non-ortho nitro benzene ring substituents is 1. The molecule has 112 valence electrons. The topological polar surface area (TPSA) is 83.8 Å². The van der Waals surface area contributed by atoms with E-state index in [1.54, 1.807) is 6.07 Å². The van der Waals surface area contributed by atoms with Crippen LogP contribution in [0.4, 0.5) is 5.69 Å². The van der Waals surface area contributed by atoms with E-state index in [-0.39, 0.29) is 11.4 Å². The lowest BCUT2D eigenvalue weighted by molar-refractivity contribution is -0.384. The first kappa shape index (κ1) is 16.5. The molecule has 0 fully saturated rings. The molecule has 0 aromatic heterocycles. The lowest BCUT2D eigenvalue weighted by Crippen LogP contribution is -2.34. The fourth-order valence-electron chi connectivity index (χ4n) is 1.56. The Labute approximate surface area is 119 Å². The van der Waals surface area contributed by atoms with Crippen LogP contribution < -0.4 is 0 Å². The second-order valence-electron chi connectivity index (χ2n) is 4.81. The molecular formula is C12H19N3O4S. The third kappa shape index (κ3) is 4.87. The number of likely N-dealkylation sites (N-methyl/N-ethyl adjacent to an activating group) is 2. The summed E-state index contributed by atoms with van der Waals surface area (Å²) in [5.74, 6) is -0.237. The predicted molar refractivity (Wildman–Crippen MR) is 76.9 cm³/mol. The maximum Gasteiger partial charge on any atom is 0.269 e. The van der Waals surface area contributed by atoms with Gasteiger partial charge in [0.25, 0.3) is 5.69 Å². The summed E-state index contributed by atoms with van der Waals surface area (Å²) in [5.41, 5.74) is 0.310. The number of hydrogen-bond acceptors (Lipinski definition) is 5. The summed E-state index contributed by atoms with van der Waals surface area (Å²) in [5, 5.41) is 10.7. The minimum absolute atomic E-state index is 0.103. The monoisotopic (exact) mass is 301 g/mol. The van der Waals surface area contributed by atoms with Crippen molar-refractivity contribution < 1.29 is 13.3 Å². The highest BCUT2D eigenvalue weighted by atomic mass is 32.2. The van der Waals surface area contributed by atoms with Gasteiger partial charge in [-0.3, -0.25) is 10.1 Å². The molecule has 1 aromatic rings. The third-order valence-electron chi connectivity index (χ3n) is 2.81. The van der Waals surface area contributed by atoms with Gasteiger partial charge in [0.1, 0.15) is 0 Å². The maximum absolute atomic E-state index is 12.1. The highest BCUT2D eigenvalue weighted by Crippen LogP contribution is 2.16. The quantitative estimate of drug-likeness (QED) is 0.552. The van der Waals surface area contributed by atoms with Crippen LogP contribution in [0.3, 0.4) is 0 Å². The van der Waals surface area contributed by atoms with Gasteiger partial charge in [0, 0.05) is 32.3 Å². The molecule has 0 spiro atoms. The molecule has 0 aliphatic heterocycles. The molecule has 8 heteroatoms. The van der Waals surface area contributed by atoms with Gasteiger partial charge in [-0.05, 0) is 19.7 Å². The first-order valence-corrected chi connectivity index (χ1v) is 7.65. The summed E-state index contributed by atoms with van der Waals surface area (Å²) in [6.45, 7) is 0.995. The largest absolute Gasteiger partial charge is 0.308 e. The molecule has 0 atom stereocenters. The van der Waals surface area contributed by atoms with E-state index in [1.165, 1.54) is 29.6 Å². The number of nitro benzene ring substituents is 1. The number of nitrogens with zero attached hydrogens (tertiary/aromatic N) is 3. The molecule has 0 saturated carbocycles. The van der Waals surface area contributed by atoms with Gasteiger partial charge >= 0.3 is 0 Å². The molecule has 0 unspecified atom stereocenters. The second kappa shape index (κ2) is 6.78. The van der Waals surface area contributed by atoms with Crippen molar-refractivity contribution in [1.29, 1.82) is 0 Å². The fourth-order valence-corrected chi connectivity index (χ4v) is 2.74. The van der Waals surface area contributed by atoms with Gasteiger partial charge in [-0.1, -0.05) is 12.1 Å². The average molecular weight is 301 g/mol. The van der Waals surface area contributed by atoms with Crippen molar-refractivity contribution in [3.63, 3.8) is 0 Å². The standard InChI is InChI=1S/C12H19N3O4S/c1-13(2)7-8-14(3)20(18,19)10-11-5-4-6-12(9-11)15(16)17/h4-6,9H,7-8,10H2,1-3H3. The summed E-state index contributed by atoms with van der Waals surface area (Å²) < 4.78 is 25.5. The first-order chi connectivity index (χ1) is 9.22. The molecule has 1 aromatic carbocycles. The van der Waals surface area contributed by atoms with Gasteiger partial charge in [-0.15, -0.1) is 0 Å². The summed E-state index contributed by atoms with van der Waals surface area (Å²) >= 11 is 0. The van der Waals surface area contributed by atoms with Crippen LogP contribution in [0.15, 0.2) is 24.3 Å². The van der Waals surface area contributed by atoms with Crippen molar-refractivity contribution in [3.05, 3.63) is 39.9 Å². The van der Waals surface area contributed by atoms with Crippen molar-refractivity contribution >= 4 is 15.7 Å². The Morgan fingerprint density at radius 1 is 1.20 bits per heavy atom. The first-order valence-electron chi connectivity index (χ1n) is 6.04. The van der Waals surface area contributed by atoms with Crippen molar-refractivity contribution in [2.75, 3.05) is 34.2 Å². The molecule has 20 heavy (non-hydrogen) atoms. The predicted octanol–water partition coefficient (Wildman–Crippen LogP) is 0.918. The SMILES string of the molecule is CN(C)CCN(C)S(=O)(=O)Cc1cccc([N+](=O)[O-])c1. The summed E-state index contributed by atoms with van der Waals surface area (Å²) in [6.07, 6.45) is 0. The Hall–Kier alpha value is -1.51. The number of nitro groups is 1. The Morgan fingerprint density at radius 2 is 1.85 bits per heavy atom. The molecule has 0 radical (unpaired) electrons. The second-order valence-corrected chi connectivity index (χ2v) is 6.88. The highest BCUT2D eigenvalue weighted by Gasteiger charge is 2.19.